The first-order valence-electron chi connectivity index (χ1n) is 5.81. The Labute approximate surface area is 144 Å². The molecule has 0 spiro atoms. The second kappa shape index (κ2) is 6.77. The highest BCUT2D eigenvalue weighted by Crippen LogP contribution is 2.34. The van der Waals surface area contributed by atoms with Gasteiger partial charge < -0.3 is 11.5 Å². The maximum atomic E-state index is 6.23. The van der Waals surface area contributed by atoms with Crippen molar-refractivity contribution < 1.29 is 0 Å². The first-order chi connectivity index (χ1) is 9.40. The van der Waals surface area contributed by atoms with Gasteiger partial charge in [-0.15, -0.1) is 0 Å². The van der Waals surface area contributed by atoms with Gasteiger partial charge in [0.05, 0.1) is 12.1 Å². The second-order valence-electron chi connectivity index (χ2n) is 4.38. The molecule has 0 aliphatic rings. The molecule has 2 rings (SSSR count). The smallest absolute Gasteiger partial charge is 0.0506 e. The van der Waals surface area contributed by atoms with Crippen molar-refractivity contribution in [2.45, 2.75) is 12.1 Å². The average molecular weight is 439 g/mol. The van der Waals surface area contributed by atoms with Gasteiger partial charge >= 0.3 is 0 Å². The van der Waals surface area contributed by atoms with E-state index in [1.54, 1.807) is 12.1 Å². The van der Waals surface area contributed by atoms with Gasteiger partial charge in [0.2, 0.25) is 0 Å². The van der Waals surface area contributed by atoms with Gasteiger partial charge in [0.1, 0.15) is 0 Å². The van der Waals surface area contributed by atoms with E-state index in [1.807, 2.05) is 24.3 Å². The molecule has 106 valence electrons. The summed E-state index contributed by atoms with van der Waals surface area (Å²) in [6.45, 7) is 0. The fraction of sp³-hybridized carbons (Fsp3) is 0.143. The van der Waals surface area contributed by atoms with Crippen LogP contribution in [0.5, 0.6) is 0 Å². The Balaban J connectivity index is 2.34. The van der Waals surface area contributed by atoms with E-state index in [1.165, 1.54) is 0 Å². The quantitative estimate of drug-likeness (QED) is 0.690. The molecule has 6 heteroatoms. The highest BCUT2D eigenvalue weighted by atomic mass is 79.9. The summed E-state index contributed by atoms with van der Waals surface area (Å²) in [5, 5.41) is 1.16. The Hall–Kier alpha value is -0.100. The fourth-order valence-electron chi connectivity index (χ4n) is 1.93. The Morgan fingerprint density at radius 3 is 1.40 bits per heavy atom. The molecule has 2 nitrogen and oxygen atoms in total. The van der Waals surface area contributed by atoms with Crippen LogP contribution in [0, 0.1) is 0 Å². The fourth-order valence-corrected chi connectivity index (χ4v) is 3.53. The average Bonchev–Trinajstić information content (AvgIpc) is 2.37. The molecule has 0 bridgehead atoms. The molecule has 0 saturated heterocycles. The number of benzene rings is 2. The van der Waals surface area contributed by atoms with Crippen molar-refractivity contribution >= 4 is 55.1 Å². The van der Waals surface area contributed by atoms with Gasteiger partial charge in [-0.3, -0.25) is 0 Å². The third kappa shape index (κ3) is 3.56. The number of halogens is 4. The van der Waals surface area contributed by atoms with Crippen LogP contribution in [0.1, 0.15) is 23.2 Å². The monoisotopic (exact) mass is 436 g/mol. The number of hydrogen-bond donors (Lipinski definition) is 2. The number of hydrogen-bond acceptors (Lipinski definition) is 2. The van der Waals surface area contributed by atoms with E-state index in [0.29, 0.717) is 10.0 Å². The molecule has 2 unspecified atom stereocenters. The van der Waals surface area contributed by atoms with Crippen LogP contribution in [0.3, 0.4) is 0 Å². The molecule has 0 aliphatic carbocycles. The minimum Gasteiger partial charge on any atom is -0.322 e. The molecule has 0 aliphatic heterocycles. The summed E-state index contributed by atoms with van der Waals surface area (Å²) in [5.74, 6) is 0. The lowest BCUT2D eigenvalue weighted by molar-refractivity contribution is 0.574. The lowest BCUT2D eigenvalue weighted by Crippen LogP contribution is -2.27. The summed E-state index contributed by atoms with van der Waals surface area (Å²) < 4.78 is 1.79. The minimum absolute atomic E-state index is 0.436. The van der Waals surface area contributed by atoms with Gasteiger partial charge in [0.25, 0.3) is 0 Å². The van der Waals surface area contributed by atoms with E-state index in [4.69, 9.17) is 34.7 Å². The summed E-state index contributed by atoms with van der Waals surface area (Å²) >= 11 is 19.2. The van der Waals surface area contributed by atoms with Crippen LogP contribution in [-0.4, -0.2) is 0 Å². The van der Waals surface area contributed by atoms with Gasteiger partial charge in [0, 0.05) is 19.0 Å². The molecule has 0 aromatic heterocycles. The molecule has 0 saturated carbocycles. The molecule has 2 aromatic rings. The van der Waals surface area contributed by atoms with Crippen molar-refractivity contribution in [2.75, 3.05) is 0 Å². The lowest BCUT2D eigenvalue weighted by Gasteiger charge is -2.22. The van der Waals surface area contributed by atoms with Crippen LogP contribution >= 0.6 is 55.1 Å². The standard InChI is InChI=1S/C14H12Br2Cl2N2/c15-7-1-3-9(11(17)5-7)13(19)14(20)10-4-2-8(16)6-12(10)18/h1-6,13-14H,19-20H2. The van der Waals surface area contributed by atoms with E-state index >= 15 is 0 Å². The maximum absolute atomic E-state index is 6.23. The lowest BCUT2D eigenvalue weighted by atomic mass is 9.95. The number of rotatable bonds is 3. The van der Waals surface area contributed by atoms with Gasteiger partial charge in [0.15, 0.2) is 0 Å². The molecule has 20 heavy (non-hydrogen) atoms. The Kier molecular flexibility index (Phi) is 5.51. The van der Waals surface area contributed by atoms with Crippen molar-refractivity contribution in [3.63, 3.8) is 0 Å². The van der Waals surface area contributed by atoms with Crippen molar-refractivity contribution in [1.82, 2.24) is 0 Å². The van der Waals surface area contributed by atoms with Crippen LogP contribution in [0.25, 0.3) is 0 Å². The van der Waals surface area contributed by atoms with Crippen LogP contribution in [-0.2, 0) is 0 Å². The molecule has 2 aromatic carbocycles. The summed E-state index contributed by atoms with van der Waals surface area (Å²) in [4.78, 5) is 0. The van der Waals surface area contributed by atoms with Gasteiger partial charge in [-0.2, -0.15) is 0 Å². The molecule has 0 fully saturated rings. The maximum Gasteiger partial charge on any atom is 0.0506 e. The summed E-state index contributed by atoms with van der Waals surface area (Å²) in [5.41, 5.74) is 14.1. The van der Waals surface area contributed by atoms with Crippen molar-refractivity contribution in [3.8, 4) is 0 Å². The van der Waals surface area contributed by atoms with Gasteiger partial charge in [-0.25, -0.2) is 0 Å². The predicted molar refractivity (Wildman–Crippen MR) is 92.2 cm³/mol. The molecule has 0 amide bonds. The summed E-state index contributed by atoms with van der Waals surface area (Å²) in [6, 6.07) is 10.2. The van der Waals surface area contributed by atoms with Gasteiger partial charge in [-0.1, -0.05) is 67.2 Å². The highest BCUT2D eigenvalue weighted by molar-refractivity contribution is 9.10. The first-order valence-corrected chi connectivity index (χ1v) is 8.15. The minimum atomic E-state index is -0.436. The van der Waals surface area contributed by atoms with E-state index in [0.717, 1.165) is 20.1 Å². The summed E-state index contributed by atoms with van der Waals surface area (Å²) in [6.07, 6.45) is 0. The van der Waals surface area contributed by atoms with Gasteiger partial charge in [-0.05, 0) is 35.4 Å². The molecule has 4 N–H and O–H groups in total. The number of nitrogens with two attached hydrogens (primary N) is 2. The first kappa shape index (κ1) is 16.3. The van der Waals surface area contributed by atoms with E-state index in [-0.39, 0.29) is 0 Å². The third-order valence-electron chi connectivity index (χ3n) is 3.03. The van der Waals surface area contributed by atoms with Crippen LogP contribution in [0.2, 0.25) is 10.0 Å². The molecule has 2 atom stereocenters. The largest absolute Gasteiger partial charge is 0.322 e. The highest BCUT2D eigenvalue weighted by Gasteiger charge is 2.21. The van der Waals surface area contributed by atoms with Crippen molar-refractivity contribution in [2.24, 2.45) is 11.5 Å². The summed E-state index contributed by atoms with van der Waals surface area (Å²) in [7, 11) is 0. The van der Waals surface area contributed by atoms with E-state index in [2.05, 4.69) is 31.9 Å². The van der Waals surface area contributed by atoms with E-state index < -0.39 is 12.1 Å². The SMILES string of the molecule is NC(c1ccc(Br)cc1Cl)C(N)c1ccc(Br)cc1Cl. The third-order valence-corrected chi connectivity index (χ3v) is 4.67. The van der Waals surface area contributed by atoms with E-state index in [9.17, 15) is 0 Å². The van der Waals surface area contributed by atoms with Crippen LogP contribution in [0.15, 0.2) is 45.3 Å². The predicted octanol–water partition coefficient (Wildman–Crippen LogP) is 5.22. The van der Waals surface area contributed by atoms with Crippen molar-refractivity contribution in [1.29, 1.82) is 0 Å². The molecule has 0 heterocycles. The molecular weight excluding hydrogens is 427 g/mol. The zero-order chi connectivity index (χ0) is 14.9. The van der Waals surface area contributed by atoms with Crippen LogP contribution < -0.4 is 11.5 Å². The Morgan fingerprint density at radius 1 is 0.750 bits per heavy atom. The normalized spacial score (nSPS) is 14.1. The zero-order valence-corrected chi connectivity index (χ0v) is 15.0. The second-order valence-corrected chi connectivity index (χ2v) is 7.03. The Bertz CT molecular complexity index is 579. The van der Waals surface area contributed by atoms with Crippen molar-refractivity contribution in [3.05, 3.63) is 66.5 Å². The topological polar surface area (TPSA) is 52.0 Å². The van der Waals surface area contributed by atoms with Crippen LogP contribution in [0.4, 0.5) is 0 Å². The molecule has 0 radical (unpaired) electrons. The Morgan fingerprint density at radius 2 is 1.10 bits per heavy atom. The molecular formula is C14H12Br2Cl2N2. The zero-order valence-electron chi connectivity index (χ0n) is 10.3.